The summed E-state index contributed by atoms with van der Waals surface area (Å²) < 4.78 is 6.92. The molecule has 0 aliphatic rings. The molecular formula is C20H17Cl2NO4. The smallest absolute Gasteiger partial charge is 0.341 e. The summed E-state index contributed by atoms with van der Waals surface area (Å²) in [5.41, 5.74) is 2.60. The van der Waals surface area contributed by atoms with Crippen LogP contribution >= 0.6 is 23.2 Å². The van der Waals surface area contributed by atoms with Crippen LogP contribution < -0.4 is 10.3 Å². The van der Waals surface area contributed by atoms with E-state index in [1.54, 1.807) is 31.3 Å². The molecule has 0 saturated heterocycles. The third-order valence-corrected chi connectivity index (χ3v) is 5.02. The van der Waals surface area contributed by atoms with E-state index in [9.17, 15) is 9.59 Å². The van der Waals surface area contributed by atoms with Gasteiger partial charge in [-0.25, -0.2) is 4.79 Å². The molecule has 1 N–H and O–H groups in total. The number of fused-ring (bicyclic) bond motifs is 1. The van der Waals surface area contributed by atoms with Gasteiger partial charge in [0.1, 0.15) is 5.75 Å². The van der Waals surface area contributed by atoms with E-state index in [0.717, 1.165) is 5.56 Å². The number of hydrogen-bond acceptors (Lipinski definition) is 3. The van der Waals surface area contributed by atoms with Crippen molar-refractivity contribution in [1.82, 2.24) is 4.57 Å². The second-order valence-electron chi connectivity index (χ2n) is 6.22. The number of halogens is 2. The molecule has 27 heavy (non-hydrogen) atoms. The average Bonchev–Trinajstić information content (AvgIpc) is 2.63. The molecule has 3 rings (SSSR count). The maximum atomic E-state index is 12.9. The number of aliphatic carboxylic acids is 1. The highest BCUT2D eigenvalue weighted by atomic mass is 35.5. The van der Waals surface area contributed by atoms with Crippen LogP contribution in [0.25, 0.3) is 10.9 Å². The molecule has 1 aromatic heterocycles. The number of ether oxygens (including phenoxy) is 1. The minimum atomic E-state index is -1.08. The molecule has 0 spiro atoms. The zero-order valence-corrected chi connectivity index (χ0v) is 16.3. The lowest BCUT2D eigenvalue weighted by Gasteiger charge is -2.17. The number of aryl methyl sites for hydroxylation is 2. The molecule has 0 unspecified atom stereocenters. The predicted octanol–water partition coefficient (Wildman–Crippen LogP) is 4.21. The van der Waals surface area contributed by atoms with Crippen LogP contribution in [0, 0.1) is 6.92 Å². The Balaban J connectivity index is 2.22. The summed E-state index contributed by atoms with van der Waals surface area (Å²) in [4.78, 5) is 23.8. The zero-order valence-electron chi connectivity index (χ0n) is 14.8. The van der Waals surface area contributed by atoms with Crippen LogP contribution in [0.15, 0.2) is 41.2 Å². The molecule has 3 aromatic rings. The van der Waals surface area contributed by atoms with E-state index in [0.29, 0.717) is 44.2 Å². The Labute approximate surface area is 165 Å². The number of pyridine rings is 1. The third kappa shape index (κ3) is 3.80. The van der Waals surface area contributed by atoms with Gasteiger partial charge in [0.25, 0.3) is 5.56 Å². The Morgan fingerprint density at radius 1 is 1.15 bits per heavy atom. The number of aromatic nitrogens is 1. The second kappa shape index (κ2) is 7.62. The largest absolute Gasteiger partial charge is 0.481 e. The molecule has 0 radical (unpaired) electrons. The molecule has 0 bridgehead atoms. The molecule has 0 aliphatic carbocycles. The summed E-state index contributed by atoms with van der Waals surface area (Å²) in [6.45, 7) is 1.34. The summed E-state index contributed by atoms with van der Waals surface area (Å²) in [6, 6.07) is 10.5. The SMILES string of the molecule is Cc1c(Cc2ccc(Cl)cc2)c(=O)n(C)c2c(Cl)ccc(OCC(=O)O)c12. The van der Waals surface area contributed by atoms with Crippen molar-refractivity contribution in [3.05, 3.63) is 73.5 Å². The first kappa shape index (κ1) is 19.3. The fraction of sp³-hybridized carbons (Fsp3) is 0.200. The van der Waals surface area contributed by atoms with Gasteiger partial charge in [-0.15, -0.1) is 0 Å². The number of carbonyl (C=O) groups is 1. The van der Waals surface area contributed by atoms with Gasteiger partial charge in [-0.1, -0.05) is 35.3 Å². The van der Waals surface area contributed by atoms with Gasteiger partial charge in [-0.05, 0) is 42.3 Å². The molecular weight excluding hydrogens is 389 g/mol. The van der Waals surface area contributed by atoms with E-state index >= 15 is 0 Å². The van der Waals surface area contributed by atoms with Crippen LogP contribution in [0.3, 0.4) is 0 Å². The lowest BCUT2D eigenvalue weighted by molar-refractivity contribution is -0.139. The highest BCUT2D eigenvalue weighted by Crippen LogP contribution is 2.34. The lowest BCUT2D eigenvalue weighted by atomic mass is 9.98. The number of carboxylic acid groups (broad SMARTS) is 1. The Bertz CT molecular complexity index is 1090. The molecule has 0 aliphatic heterocycles. The number of benzene rings is 2. The molecule has 2 aromatic carbocycles. The normalized spacial score (nSPS) is 11.0. The summed E-state index contributed by atoms with van der Waals surface area (Å²) in [5, 5.41) is 10.6. The number of carboxylic acids is 1. The van der Waals surface area contributed by atoms with Crippen LogP contribution in [-0.2, 0) is 18.3 Å². The fourth-order valence-corrected chi connectivity index (χ4v) is 3.54. The van der Waals surface area contributed by atoms with Crippen molar-refractivity contribution >= 4 is 40.1 Å². The van der Waals surface area contributed by atoms with E-state index in [1.165, 1.54) is 4.57 Å². The first-order chi connectivity index (χ1) is 12.8. The molecule has 7 heteroatoms. The zero-order chi connectivity index (χ0) is 19.7. The Hall–Kier alpha value is -2.50. The van der Waals surface area contributed by atoms with Crippen LogP contribution in [-0.4, -0.2) is 22.2 Å². The summed E-state index contributed by atoms with van der Waals surface area (Å²) in [5.74, 6) is -0.704. The van der Waals surface area contributed by atoms with E-state index < -0.39 is 12.6 Å². The van der Waals surface area contributed by atoms with Crippen molar-refractivity contribution in [3.8, 4) is 5.75 Å². The van der Waals surface area contributed by atoms with Gasteiger partial charge in [0.05, 0.1) is 10.5 Å². The highest BCUT2D eigenvalue weighted by Gasteiger charge is 2.18. The van der Waals surface area contributed by atoms with Gasteiger partial charge in [0.15, 0.2) is 6.61 Å². The van der Waals surface area contributed by atoms with Gasteiger partial charge in [-0.3, -0.25) is 4.79 Å². The summed E-state index contributed by atoms with van der Waals surface area (Å²) in [6.07, 6.45) is 0.413. The third-order valence-electron chi connectivity index (χ3n) is 4.46. The highest BCUT2D eigenvalue weighted by molar-refractivity contribution is 6.35. The van der Waals surface area contributed by atoms with Crippen LogP contribution in [0.1, 0.15) is 16.7 Å². The number of nitrogens with zero attached hydrogens (tertiary/aromatic N) is 1. The number of hydrogen-bond donors (Lipinski definition) is 1. The van der Waals surface area contributed by atoms with E-state index in [1.807, 2.05) is 19.1 Å². The van der Waals surface area contributed by atoms with E-state index in [4.69, 9.17) is 33.0 Å². The Kier molecular flexibility index (Phi) is 5.44. The molecule has 0 atom stereocenters. The topological polar surface area (TPSA) is 68.5 Å². The quantitative estimate of drug-likeness (QED) is 0.690. The summed E-state index contributed by atoms with van der Waals surface area (Å²) in [7, 11) is 1.64. The Morgan fingerprint density at radius 3 is 2.44 bits per heavy atom. The lowest BCUT2D eigenvalue weighted by Crippen LogP contribution is -2.24. The van der Waals surface area contributed by atoms with E-state index in [-0.39, 0.29) is 5.56 Å². The molecule has 0 saturated carbocycles. The Morgan fingerprint density at radius 2 is 1.81 bits per heavy atom. The van der Waals surface area contributed by atoms with Crippen molar-refractivity contribution in [2.45, 2.75) is 13.3 Å². The van der Waals surface area contributed by atoms with Gasteiger partial charge in [0, 0.05) is 29.4 Å². The molecule has 5 nitrogen and oxygen atoms in total. The standard InChI is InChI=1S/C20H17Cl2NO4/c1-11-14(9-12-3-5-13(21)6-4-12)20(26)23(2)19-15(22)7-8-16(18(11)19)27-10-17(24)25/h3-8H,9-10H2,1-2H3,(H,24,25). The number of rotatable bonds is 5. The fourth-order valence-electron chi connectivity index (χ4n) is 3.13. The van der Waals surface area contributed by atoms with Crippen molar-refractivity contribution in [2.75, 3.05) is 6.61 Å². The first-order valence-electron chi connectivity index (χ1n) is 8.19. The minimum Gasteiger partial charge on any atom is -0.481 e. The van der Waals surface area contributed by atoms with Crippen LogP contribution in [0.5, 0.6) is 5.75 Å². The van der Waals surface area contributed by atoms with Crippen LogP contribution in [0.4, 0.5) is 0 Å². The predicted molar refractivity (Wildman–Crippen MR) is 106 cm³/mol. The molecule has 0 amide bonds. The maximum Gasteiger partial charge on any atom is 0.341 e. The molecule has 1 heterocycles. The van der Waals surface area contributed by atoms with Crippen LogP contribution in [0.2, 0.25) is 10.0 Å². The monoisotopic (exact) mass is 405 g/mol. The van der Waals surface area contributed by atoms with Crippen molar-refractivity contribution in [1.29, 1.82) is 0 Å². The average molecular weight is 406 g/mol. The summed E-state index contributed by atoms with van der Waals surface area (Å²) >= 11 is 12.3. The first-order valence-corrected chi connectivity index (χ1v) is 8.95. The van der Waals surface area contributed by atoms with Gasteiger partial charge < -0.3 is 14.4 Å². The minimum absolute atomic E-state index is 0.160. The van der Waals surface area contributed by atoms with Gasteiger partial charge in [0.2, 0.25) is 0 Å². The van der Waals surface area contributed by atoms with Gasteiger partial charge in [-0.2, -0.15) is 0 Å². The van der Waals surface area contributed by atoms with Crippen molar-refractivity contribution < 1.29 is 14.6 Å². The van der Waals surface area contributed by atoms with Crippen molar-refractivity contribution in [2.24, 2.45) is 7.05 Å². The van der Waals surface area contributed by atoms with Gasteiger partial charge >= 0.3 is 5.97 Å². The maximum absolute atomic E-state index is 12.9. The van der Waals surface area contributed by atoms with Crippen molar-refractivity contribution in [3.63, 3.8) is 0 Å². The second-order valence-corrected chi connectivity index (χ2v) is 7.07. The van der Waals surface area contributed by atoms with E-state index in [2.05, 4.69) is 0 Å². The molecule has 0 fully saturated rings. The molecule has 140 valence electrons.